The molecule has 1 heterocycles. The summed E-state index contributed by atoms with van der Waals surface area (Å²) in [5, 5.41) is 3.95. The average molecular weight is 266 g/mol. The summed E-state index contributed by atoms with van der Waals surface area (Å²) in [5.74, 6) is 0.220. The van der Waals surface area contributed by atoms with Crippen LogP contribution in [0.25, 0.3) is 0 Å². The van der Waals surface area contributed by atoms with Crippen molar-refractivity contribution < 1.29 is 12.6 Å². The molecule has 18 heavy (non-hydrogen) atoms. The van der Waals surface area contributed by atoms with Gasteiger partial charge in [-0.1, -0.05) is 17.7 Å². The number of aromatic nitrogens is 2. The van der Waals surface area contributed by atoms with Gasteiger partial charge in [-0.2, -0.15) is 13.5 Å². The van der Waals surface area contributed by atoms with Crippen LogP contribution in [0.2, 0.25) is 0 Å². The molecule has 0 aliphatic carbocycles. The summed E-state index contributed by atoms with van der Waals surface area (Å²) >= 11 is 0. The lowest BCUT2D eigenvalue weighted by molar-refractivity contribution is 0.444. The smallest absolute Gasteiger partial charge is 0.340 e. The Balaban J connectivity index is 2.30. The number of rotatable bonds is 4. The van der Waals surface area contributed by atoms with E-state index in [4.69, 9.17) is 4.18 Å². The Kier molecular flexibility index (Phi) is 3.38. The fourth-order valence-electron chi connectivity index (χ4n) is 1.49. The molecule has 0 N–H and O–H groups in total. The second kappa shape index (κ2) is 4.81. The molecular weight excluding hydrogens is 252 g/mol. The van der Waals surface area contributed by atoms with Crippen molar-refractivity contribution in [2.24, 2.45) is 0 Å². The second-order valence-electron chi connectivity index (χ2n) is 3.84. The lowest BCUT2D eigenvalue weighted by Gasteiger charge is -2.08. The number of hydrogen-bond acceptors (Lipinski definition) is 4. The van der Waals surface area contributed by atoms with Crippen molar-refractivity contribution in [1.29, 1.82) is 0 Å². The predicted octanol–water partition coefficient (Wildman–Crippen LogP) is 1.98. The number of hydrogen-bond donors (Lipinski definition) is 0. The van der Waals surface area contributed by atoms with Crippen molar-refractivity contribution in [3.63, 3.8) is 0 Å². The summed E-state index contributed by atoms with van der Waals surface area (Å²) in [7, 11) is -3.79. The first-order valence-electron chi connectivity index (χ1n) is 5.56. The molecule has 1 aromatic heterocycles. The monoisotopic (exact) mass is 266 g/mol. The number of benzene rings is 1. The van der Waals surface area contributed by atoms with E-state index >= 15 is 0 Å². The zero-order chi connectivity index (χ0) is 13.2. The van der Waals surface area contributed by atoms with Gasteiger partial charge < -0.3 is 4.18 Å². The molecule has 96 valence electrons. The molecular formula is C12H14N2O3S. The molecule has 2 aromatic rings. The molecule has 0 spiro atoms. The number of nitrogens with zero attached hydrogens (tertiary/aromatic N) is 2. The highest BCUT2D eigenvalue weighted by atomic mass is 32.2. The summed E-state index contributed by atoms with van der Waals surface area (Å²) in [4.78, 5) is 0.136. The topological polar surface area (TPSA) is 61.2 Å². The van der Waals surface area contributed by atoms with Gasteiger partial charge in [0.15, 0.2) is 0 Å². The Morgan fingerprint density at radius 2 is 1.89 bits per heavy atom. The summed E-state index contributed by atoms with van der Waals surface area (Å²) in [6, 6.07) is 8.03. The first kappa shape index (κ1) is 12.6. The van der Waals surface area contributed by atoms with Gasteiger partial charge in [0.25, 0.3) is 0 Å². The molecule has 5 nitrogen and oxygen atoms in total. The second-order valence-corrected chi connectivity index (χ2v) is 5.38. The van der Waals surface area contributed by atoms with E-state index in [1.807, 2.05) is 13.8 Å². The van der Waals surface area contributed by atoms with Crippen molar-refractivity contribution in [3.8, 4) is 5.88 Å². The quantitative estimate of drug-likeness (QED) is 0.794. The lowest BCUT2D eigenvalue weighted by Crippen LogP contribution is -2.12. The fraction of sp³-hybridized carbons (Fsp3) is 0.250. The molecule has 0 unspecified atom stereocenters. The molecule has 0 saturated carbocycles. The summed E-state index contributed by atoms with van der Waals surface area (Å²) in [6.07, 6.45) is 1.50. The molecule has 0 bridgehead atoms. The van der Waals surface area contributed by atoms with Crippen LogP contribution in [0.1, 0.15) is 12.5 Å². The van der Waals surface area contributed by atoms with Crippen LogP contribution in [-0.2, 0) is 16.7 Å². The van der Waals surface area contributed by atoms with Crippen molar-refractivity contribution in [1.82, 2.24) is 9.78 Å². The SMILES string of the molecule is CCn1nccc1OS(=O)(=O)c1ccc(C)cc1. The summed E-state index contributed by atoms with van der Waals surface area (Å²) in [6.45, 7) is 4.30. The van der Waals surface area contributed by atoms with Crippen LogP contribution < -0.4 is 4.18 Å². The van der Waals surface area contributed by atoms with Crippen LogP contribution in [0.4, 0.5) is 0 Å². The minimum Gasteiger partial charge on any atom is -0.358 e. The molecule has 0 amide bonds. The molecule has 0 saturated heterocycles. The highest BCUT2D eigenvalue weighted by molar-refractivity contribution is 7.87. The molecule has 6 heteroatoms. The molecule has 0 fully saturated rings. The predicted molar refractivity (Wildman–Crippen MR) is 66.9 cm³/mol. The third kappa shape index (κ3) is 2.53. The van der Waals surface area contributed by atoms with Gasteiger partial charge in [0.1, 0.15) is 4.90 Å². The zero-order valence-electron chi connectivity index (χ0n) is 10.2. The van der Waals surface area contributed by atoms with Crippen LogP contribution >= 0.6 is 0 Å². The Labute approximate surface area is 106 Å². The van der Waals surface area contributed by atoms with Gasteiger partial charge in [-0.05, 0) is 26.0 Å². The van der Waals surface area contributed by atoms with E-state index in [1.165, 1.54) is 29.1 Å². The third-order valence-electron chi connectivity index (χ3n) is 2.48. The van der Waals surface area contributed by atoms with E-state index in [9.17, 15) is 8.42 Å². The first-order valence-corrected chi connectivity index (χ1v) is 6.97. The average Bonchev–Trinajstić information content (AvgIpc) is 2.76. The van der Waals surface area contributed by atoms with E-state index in [2.05, 4.69) is 5.10 Å². The van der Waals surface area contributed by atoms with Gasteiger partial charge in [-0.3, -0.25) is 0 Å². The molecule has 1 aromatic carbocycles. The standard InChI is InChI=1S/C12H14N2O3S/c1-3-14-12(8-9-13-14)17-18(15,16)11-6-4-10(2)5-7-11/h4-9H,3H2,1-2H3. The van der Waals surface area contributed by atoms with Crippen molar-refractivity contribution in [3.05, 3.63) is 42.1 Å². The minimum absolute atomic E-state index is 0.136. The van der Waals surface area contributed by atoms with E-state index in [0.717, 1.165) is 5.56 Å². The van der Waals surface area contributed by atoms with E-state index < -0.39 is 10.1 Å². The van der Waals surface area contributed by atoms with Gasteiger partial charge in [0.05, 0.1) is 6.20 Å². The molecule has 0 aliphatic heterocycles. The van der Waals surface area contributed by atoms with Gasteiger partial charge >= 0.3 is 10.1 Å². The maximum absolute atomic E-state index is 12.0. The van der Waals surface area contributed by atoms with Gasteiger partial charge in [0.2, 0.25) is 5.88 Å². The van der Waals surface area contributed by atoms with Crippen molar-refractivity contribution >= 4 is 10.1 Å². The van der Waals surface area contributed by atoms with Crippen LogP contribution in [0.3, 0.4) is 0 Å². The van der Waals surface area contributed by atoms with E-state index in [-0.39, 0.29) is 10.8 Å². The summed E-state index contributed by atoms with van der Waals surface area (Å²) < 4.78 is 30.6. The van der Waals surface area contributed by atoms with Crippen LogP contribution in [0.5, 0.6) is 5.88 Å². The maximum Gasteiger partial charge on any atom is 0.340 e. The third-order valence-corrected chi connectivity index (χ3v) is 3.72. The lowest BCUT2D eigenvalue weighted by atomic mass is 10.2. The van der Waals surface area contributed by atoms with Crippen LogP contribution in [0.15, 0.2) is 41.4 Å². The summed E-state index contributed by atoms with van der Waals surface area (Å²) in [5.41, 5.74) is 0.993. The highest BCUT2D eigenvalue weighted by Crippen LogP contribution is 2.18. The fourth-order valence-corrected chi connectivity index (χ4v) is 2.43. The molecule has 0 atom stereocenters. The van der Waals surface area contributed by atoms with Crippen molar-refractivity contribution in [2.45, 2.75) is 25.3 Å². The Morgan fingerprint density at radius 3 is 2.50 bits per heavy atom. The molecule has 2 rings (SSSR count). The zero-order valence-corrected chi connectivity index (χ0v) is 11.0. The Morgan fingerprint density at radius 1 is 1.22 bits per heavy atom. The van der Waals surface area contributed by atoms with Crippen molar-refractivity contribution in [2.75, 3.05) is 0 Å². The normalized spacial score (nSPS) is 11.4. The largest absolute Gasteiger partial charge is 0.358 e. The van der Waals surface area contributed by atoms with Crippen LogP contribution in [-0.4, -0.2) is 18.2 Å². The van der Waals surface area contributed by atoms with Gasteiger partial charge in [-0.25, -0.2) is 4.68 Å². The Hall–Kier alpha value is -1.82. The minimum atomic E-state index is -3.79. The Bertz CT molecular complexity index is 630. The maximum atomic E-state index is 12.0. The van der Waals surface area contributed by atoms with Crippen LogP contribution in [0, 0.1) is 6.92 Å². The first-order chi connectivity index (χ1) is 8.53. The molecule has 0 aliphatic rings. The van der Waals surface area contributed by atoms with Gasteiger partial charge in [-0.15, -0.1) is 0 Å². The molecule has 0 radical (unpaired) electrons. The van der Waals surface area contributed by atoms with Gasteiger partial charge in [0, 0.05) is 12.6 Å². The van der Waals surface area contributed by atoms with E-state index in [0.29, 0.717) is 6.54 Å². The van der Waals surface area contributed by atoms with E-state index in [1.54, 1.807) is 12.1 Å². The highest BCUT2D eigenvalue weighted by Gasteiger charge is 2.18. The number of aryl methyl sites for hydroxylation is 2.